The maximum atomic E-state index is 13.1. The van der Waals surface area contributed by atoms with E-state index in [1.54, 1.807) is 4.68 Å². The molecule has 1 aliphatic carbocycles. The molecule has 4 rings (SSSR count). The molecule has 3 heterocycles. The molecule has 1 saturated carbocycles. The summed E-state index contributed by atoms with van der Waals surface area (Å²) >= 11 is 0. The molecule has 166 valence electrons. The van der Waals surface area contributed by atoms with E-state index in [-0.39, 0.29) is 24.4 Å². The highest BCUT2D eigenvalue weighted by Crippen LogP contribution is 2.32. The summed E-state index contributed by atoms with van der Waals surface area (Å²) in [6.45, 7) is 10.7. The molecular formula is C22H35N5O3. The molecule has 8 nitrogen and oxygen atoms in total. The number of nitrogens with zero attached hydrogens (tertiary/aromatic N) is 5. The third-order valence-electron chi connectivity index (χ3n) is 6.55. The second-order valence-electron chi connectivity index (χ2n) is 8.98. The van der Waals surface area contributed by atoms with E-state index >= 15 is 0 Å². The zero-order valence-corrected chi connectivity index (χ0v) is 18.4. The van der Waals surface area contributed by atoms with Gasteiger partial charge in [-0.2, -0.15) is 5.10 Å². The maximum Gasteiger partial charge on any atom is 0.244 e. The fraction of sp³-hybridized carbons (Fsp3) is 0.773. The Morgan fingerprint density at radius 3 is 2.60 bits per heavy atom. The lowest BCUT2D eigenvalue weighted by molar-refractivity contribution is -0.141. The lowest BCUT2D eigenvalue weighted by atomic mass is 10.0. The van der Waals surface area contributed by atoms with E-state index in [1.807, 2.05) is 24.8 Å². The van der Waals surface area contributed by atoms with Crippen molar-refractivity contribution in [2.24, 2.45) is 5.92 Å². The second kappa shape index (κ2) is 9.47. The molecule has 1 aromatic heterocycles. The van der Waals surface area contributed by atoms with Crippen LogP contribution in [0.1, 0.15) is 37.1 Å². The topological polar surface area (TPSA) is 70.9 Å². The van der Waals surface area contributed by atoms with Crippen molar-refractivity contribution in [3.63, 3.8) is 0 Å². The second-order valence-corrected chi connectivity index (χ2v) is 8.98. The molecule has 1 unspecified atom stereocenters. The molecule has 2 saturated heterocycles. The number of aryl methyl sites for hydroxylation is 2. The molecule has 0 radical (unpaired) electrons. The van der Waals surface area contributed by atoms with E-state index in [4.69, 9.17) is 4.74 Å². The van der Waals surface area contributed by atoms with E-state index in [2.05, 4.69) is 14.9 Å². The van der Waals surface area contributed by atoms with Gasteiger partial charge in [-0.15, -0.1) is 0 Å². The predicted octanol–water partition coefficient (Wildman–Crippen LogP) is 1.06. The molecule has 0 N–H and O–H groups in total. The summed E-state index contributed by atoms with van der Waals surface area (Å²) in [4.78, 5) is 32.4. The van der Waals surface area contributed by atoms with Crippen LogP contribution in [0.2, 0.25) is 0 Å². The minimum Gasteiger partial charge on any atom is -0.379 e. The highest BCUT2D eigenvalue weighted by atomic mass is 16.5. The number of hydrogen-bond donors (Lipinski definition) is 0. The van der Waals surface area contributed by atoms with Gasteiger partial charge in [0.15, 0.2) is 0 Å². The standard InChI is InChI=1S/C22H35N5O3/c1-17-14-18(2)27(23-17)16-21(28)25-7-3-4-20(15-25)26(22(29)19-5-6-19)9-8-24-10-12-30-13-11-24/h14,19-20H,3-13,15-16H2,1-2H3. The monoisotopic (exact) mass is 417 g/mol. The highest BCUT2D eigenvalue weighted by molar-refractivity contribution is 5.81. The van der Waals surface area contributed by atoms with Crippen LogP contribution in [-0.4, -0.2) is 94.8 Å². The number of hydrogen-bond acceptors (Lipinski definition) is 5. The first-order valence-electron chi connectivity index (χ1n) is 11.4. The predicted molar refractivity (Wildman–Crippen MR) is 113 cm³/mol. The Kier molecular flexibility index (Phi) is 6.73. The maximum absolute atomic E-state index is 13.1. The van der Waals surface area contributed by atoms with E-state index in [0.29, 0.717) is 12.5 Å². The van der Waals surface area contributed by atoms with Gasteiger partial charge >= 0.3 is 0 Å². The van der Waals surface area contributed by atoms with E-state index < -0.39 is 0 Å². The number of piperidine rings is 1. The number of morpholine rings is 1. The highest BCUT2D eigenvalue weighted by Gasteiger charge is 2.38. The van der Waals surface area contributed by atoms with Gasteiger partial charge in [0.05, 0.1) is 18.9 Å². The Balaban J connectivity index is 1.38. The van der Waals surface area contributed by atoms with Crippen molar-refractivity contribution in [2.45, 2.75) is 52.1 Å². The number of likely N-dealkylation sites (tertiary alicyclic amines) is 1. The van der Waals surface area contributed by atoms with Crippen molar-refractivity contribution in [1.29, 1.82) is 0 Å². The largest absolute Gasteiger partial charge is 0.379 e. The lowest BCUT2D eigenvalue weighted by Crippen LogP contribution is -2.54. The van der Waals surface area contributed by atoms with Crippen LogP contribution in [0, 0.1) is 19.8 Å². The van der Waals surface area contributed by atoms with Crippen LogP contribution in [0.3, 0.4) is 0 Å². The number of rotatable bonds is 7. The summed E-state index contributed by atoms with van der Waals surface area (Å²) in [6.07, 6.45) is 3.95. The van der Waals surface area contributed by atoms with Crippen molar-refractivity contribution in [3.8, 4) is 0 Å². The number of carbonyl (C=O) groups is 2. The summed E-state index contributed by atoms with van der Waals surface area (Å²) in [5, 5.41) is 4.43. The van der Waals surface area contributed by atoms with Crippen molar-refractivity contribution in [2.75, 3.05) is 52.5 Å². The summed E-state index contributed by atoms with van der Waals surface area (Å²) in [7, 11) is 0. The molecular weight excluding hydrogens is 382 g/mol. The van der Waals surface area contributed by atoms with Gasteiger partial charge in [-0.1, -0.05) is 0 Å². The fourth-order valence-corrected chi connectivity index (χ4v) is 4.61. The molecule has 8 heteroatoms. The van der Waals surface area contributed by atoms with Crippen molar-refractivity contribution in [1.82, 2.24) is 24.5 Å². The number of amides is 2. The van der Waals surface area contributed by atoms with E-state index in [9.17, 15) is 9.59 Å². The van der Waals surface area contributed by atoms with Crippen LogP contribution in [0.5, 0.6) is 0 Å². The van der Waals surface area contributed by atoms with Crippen LogP contribution in [-0.2, 0) is 20.9 Å². The molecule has 2 amide bonds. The van der Waals surface area contributed by atoms with Gasteiger partial charge in [-0.3, -0.25) is 19.2 Å². The molecule has 30 heavy (non-hydrogen) atoms. The van der Waals surface area contributed by atoms with E-state index in [0.717, 1.165) is 83.0 Å². The first-order valence-corrected chi connectivity index (χ1v) is 11.4. The van der Waals surface area contributed by atoms with Gasteiger partial charge in [0.2, 0.25) is 11.8 Å². The Labute approximate surface area is 179 Å². The zero-order valence-electron chi connectivity index (χ0n) is 18.4. The summed E-state index contributed by atoms with van der Waals surface area (Å²) in [5.41, 5.74) is 1.94. The summed E-state index contributed by atoms with van der Waals surface area (Å²) < 4.78 is 7.23. The average Bonchev–Trinajstić information content (AvgIpc) is 3.55. The van der Waals surface area contributed by atoms with Gasteiger partial charge in [0.1, 0.15) is 6.54 Å². The lowest BCUT2D eigenvalue weighted by Gasteiger charge is -2.40. The van der Waals surface area contributed by atoms with Crippen molar-refractivity contribution >= 4 is 11.8 Å². The van der Waals surface area contributed by atoms with Crippen LogP contribution >= 0.6 is 0 Å². The van der Waals surface area contributed by atoms with Gasteiger partial charge in [0, 0.05) is 56.9 Å². The van der Waals surface area contributed by atoms with Crippen LogP contribution in [0.25, 0.3) is 0 Å². The molecule has 0 bridgehead atoms. The third kappa shape index (κ3) is 5.21. The molecule has 0 aromatic carbocycles. The van der Waals surface area contributed by atoms with Gasteiger partial charge in [-0.25, -0.2) is 0 Å². The van der Waals surface area contributed by atoms with Crippen LogP contribution < -0.4 is 0 Å². The van der Waals surface area contributed by atoms with Crippen molar-refractivity contribution in [3.05, 3.63) is 17.5 Å². The summed E-state index contributed by atoms with van der Waals surface area (Å²) in [6, 6.07) is 2.12. The minimum atomic E-state index is 0.0953. The smallest absolute Gasteiger partial charge is 0.244 e. The third-order valence-corrected chi connectivity index (χ3v) is 6.55. The normalized spacial score (nSPS) is 22.9. The number of aromatic nitrogens is 2. The Bertz CT molecular complexity index is 754. The quantitative estimate of drug-likeness (QED) is 0.664. The molecule has 0 spiro atoms. The SMILES string of the molecule is Cc1cc(C)n(CC(=O)N2CCCC(N(CCN3CCOCC3)C(=O)C3CC3)C2)n1. The molecule has 1 atom stereocenters. The van der Waals surface area contributed by atoms with Crippen molar-refractivity contribution < 1.29 is 14.3 Å². The molecule has 3 fully saturated rings. The van der Waals surface area contributed by atoms with E-state index in [1.165, 1.54) is 0 Å². The molecule has 3 aliphatic rings. The van der Waals surface area contributed by atoms with Gasteiger partial charge < -0.3 is 14.5 Å². The fourth-order valence-electron chi connectivity index (χ4n) is 4.61. The molecule has 1 aromatic rings. The summed E-state index contributed by atoms with van der Waals surface area (Å²) in [5.74, 6) is 0.592. The number of carbonyl (C=O) groups excluding carboxylic acids is 2. The average molecular weight is 418 g/mol. The Hall–Kier alpha value is -1.93. The first-order chi connectivity index (χ1) is 14.5. The Morgan fingerprint density at radius 1 is 1.17 bits per heavy atom. The minimum absolute atomic E-state index is 0.0953. The first kappa shape index (κ1) is 21.3. The van der Waals surface area contributed by atoms with Crippen LogP contribution in [0.15, 0.2) is 6.07 Å². The van der Waals surface area contributed by atoms with Gasteiger partial charge in [0.25, 0.3) is 0 Å². The molecule has 2 aliphatic heterocycles. The Morgan fingerprint density at radius 2 is 1.93 bits per heavy atom. The van der Waals surface area contributed by atoms with Crippen LogP contribution in [0.4, 0.5) is 0 Å². The number of ether oxygens (including phenoxy) is 1. The van der Waals surface area contributed by atoms with Gasteiger partial charge in [-0.05, 0) is 45.6 Å². The zero-order chi connectivity index (χ0) is 21.1.